The number of carboxylic acid groups (broad SMARTS) is 1. The number of hydrogen-bond donors (Lipinski definition) is 1. The Morgan fingerprint density at radius 1 is 1.10 bits per heavy atom. The lowest BCUT2D eigenvalue weighted by atomic mass is 10.2. The van der Waals surface area contributed by atoms with Crippen LogP contribution in [-0.2, 0) is 0 Å². The van der Waals surface area contributed by atoms with Crippen molar-refractivity contribution in [1.29, 1.82) is 0 Å². The molecule has 0 aliphatic rings. The Labute approximate surface area is 136 Å². The molecule has 0 aliphatic heterocycles. The Morgan fingerprint density at radius 3 is 2.14 bits per heavy atom. The van der Waals surface area contributed by atoms with Crippen molar-refractivity contribution in [3.05, 3.63) is 46.0 Å². The Hall–Kier alpha value is -1.96. The summed E-state index contributed by atoms with van der Waals surface area (Å²) in [5, 5.41) is 9.57. The van der Waals surface area contributed by atoms with E-state index in [1.54, 1.807) is 30.3 Å². The Morgan fingerprint density at radius 2 is 1.67 bits per heavy atom. The van der Waals surface area contributed by atoms with Crippen LogP contribution in [0.2, 0.25) is 0 Å². The predicted octanol–water partition coefficient (Wildman–Crippen LogP) is 4.12. The van der Waals surface area contributed by atoms with Crippen molar-refractivity contribution in [3.63, 3.8) is 0 Å². The number of methoxy groups -OCH3 is 2. The number of ether oxygens (including phenoxy) is 2. The van der Waals surface area contributed by atoms with Gasteiger partial charge in [-0.15, -0.1) is 0 Å². The van der Waals surface area contributed by atoms with Crippen LogP contribution >= 0.6 is 22.6 Å². The van der Waals surface area contributed by atoms with E-state index in [-0.39, 0.29) is 0 Å². The SMILES string of the molecule is COc1cc(OC)cc(N(C(=O)O)c2ccccc2I)c1. The van der Waals surface area contributed by atoms with Gasteiger partial charge in [0.2, 0.25) is 0 Å². The smallest absolute Gasteiger partial charge is 0.416 e. The maximum Gasteiger partial charge on any atom is 0.416 e. The average molecular weight is 399 g/mol. The number of amides is 1. The van der Waals surface area contributed by atoms with E-state index in [0.29, 0.717) is 22.9 Å². The maximum absolute atomic E-state index is 11.7. The van der Waals surface area contributed by atoms with E-state index >= 15 is 0 Å². The molecule has 2 aromatic rings. The van der Waals surface area contributed by atoms with Gasteiger partial charge < -0.3 is 14.6 Å². The number of halogens is 1. The second kappa shape index (κ2) is 6.66. The molecule has 0 bridgehead atoms. The van der Waals surface area contributed by atoms with Crippen molar-refractivity contribution in [3.8, 4) is 11.5 Å². The summed E-state index contributed by atoms with van der Waals surface area (Å²) in [7, 11) is 3.05. The third kappa shape index (κ3) is 3.38. The number of para-hydroxylation sites is 1. The maximum atomic E-state index is 11.7. The van der Waals surface area contributed by atoms with Gasteiger partial charge in [0.15, 0.2) is 0 Å². The molecular formula is C15H14INO4. The monoisotopic (exact) mass is 399 g/mol. The fourth-order valence-corrected chi connectivity index (χ4v) is 2.54. The van der Waals surface area contributed by atoms with E-state index < -0.39 is 6.09 Å². The van der Waals surface area contributed by atoms with E-state index in [1.807, 2.05) is 12.1 Å². The van der Waals surface area contributed by atoms with Gasteiger partial charge in [-0.2, -0.15) is 0 Å². The van der Waals surface area contributed by atoms with Crippen LogP contribution in [0, 0.1) is 3.57 Å². The molecule has 2 rings (SSSR count). The van der Waals surface area contributed by atoms with Crippen molar-refractivity contribution < 1.29 is 19.4 Å². The van der Waals surface area contributed by atoms with Crippen LogP contribution in [0.5, 0.6) is 11.5 Å². The molecule has 6 heteroatoms. The van der Waals surface area contributed by atoms with Gasteiger partial charge in [-0.1, -0.05) is 12.1 Å². The standard InChI is InChI=1S/C15H14INO4/c1-20-11-7-10(8-12(9-11)21-2)17(15(18)19)14-6-4-3-5-13(14)16/h3-9H,1-2H3,(H,18,19). The van der Waals surface area contributed by atoms with Crippen LogP contribution in [0.4, 0.5) is 16.2 Å². The van der Waals surface area contributed by atoms with Crippen molar-refractivity contribution in [1.82, 2.24) is 0 Å². The van der Waals surface area contributed by atoms with Crippen molar-refractivity contribution in [2.45, 2.75) is 0 Å². The van der Waals surface area contributed by atoms with Gasteiger partial charge in [-0.05, 0) is 34.7 Å². The summed E-state index contributed by atoms with van der Waals surface area (Å²) in [6, 6.07) is 12.3. The quantitative estimate of drug-likeness (QED) is 0.786. The van der Waals surface area contributed by atoms with E-state index in [9.17, 15) is 9.90 Å². The van der Waals surface area contributed by atoms with Gasteiger partial charge in [-0.25, -0.2) is 9.69 Å². The molecule has 0 aliphatic carbocycles. The Balaban J connectivity index is 2.58. The van der Waals surface area contributed by atoms with Gasteiger partial charge in [0.25, 0.3) is 0 Å². The molecule has 0 heterocycles. The van der Waals surface area contributed by atoms with Crippen LogP contribution in [0.15, 0.2) is 42.5 Å². The summed E-state index contributed by atoms with van der Waals surface area (Å²) in [4.78, 5) is 12.9. The van der Waals surface area contributed by atoms with Crippen LogP contribution in [-0.4, -0.2) is 25.4 Å². The molecule has 0 unspecified atom stereocenters. The molecule has 0 spiro atoms. The molecule has 0 saturated heterocycles. The first-order valence-electron chi connectivity index (χ1n) is 6.07. The summed E-state index contributed by atoms with van der Waals surface area (Å²) in [5.41, 5.74) is 1.05. The molecule has 2 aromatic carbocycles. The van der Waals surface area contributed by atoms with Crippen molar-refractivity contribution in [2.24, 2.45) is 0 Å². The van der Waals surface area contributed by atoms with Crippen LogP contribution in [0.3, 0.4) is 0 Å². The summed E-state index contributed by atoms with van der Waals surface area (Å²) < 4.78 is 11.2. The lowest BCUT2D eigenvalue weighted by Crippen LogP contribution is -2.24. The molecule has 0 saturated carbocycles. The molecule has 5 nitrogen and oxygen atoms in total. The molecule has 1 N–H and O–H groups in total. The lowest BCUT2D eigenvalue weighted by Gasteiger charge is -2.22. The normalized spacial score (nSPS) is 10.0. The summed E-state index contributed by atoms with van der Waals surface area (Å²) >= 11 is 2.10. The molecule has 1 amide bonds. The first-order valence-corrected chi connectivity index (χ1v) is 7.15. The number of carbonyl (C=O) groups is 1. The minimum atomic E-state index is -1.07. The Kier molecular flexibility index (Phi) is 4.89. The predicted molar refractivity (Wildman–Crippen MR) is 88.9 cm³/mol. The second-order valence-electron chi connectivity index (χ2n) is 4.14. The fourth-order valence-electron chi connectivity index (χ4n) is 1.91. The molecule has 0 fully saturated rings. The zero-order chi connectivity index (χ0) is 15.4. The molecule has 0 atom stereocenters. The van der Waals surface area contributed by atoms with E-state index in [1.165, 1.54) is 19.1 Å². The first kappa shape index (κ1) is 15.4. The fraction of sp³-hybridized carbons (Fsp3) is 0.133. The van der Waals surface area contributed by atoms with Crippen LogP contribution in [0.25, 0.3) is 0 Å². The number of nitrogens with zero attached hydrogens (tertiary/aromatic N) is 1. The highest BCUT2D eigenvalue weighted by molar-refractivity contribution is 14.1. The average Bonchev–Trinajstić information content (AvgIpc) is 2.48. The lowest BCUT2D eigenvalue weighted by molar-refractivity contribution is 0.204. The number of benzene rings is 2. The third-order valence-electron chi connectivity index (χ3n) is 2.88. The van der Waals surface area contributed by atoms with E-state index in [0.717, 1.165) is 3.57 Å². The molecular weight excluding hydrogens is 385 g/mol. The minimum Gasteiger partial charge on any atom is -0.497 e. The van der Waals surface area contributed by atoms with Gasteiger partial charge in [0, 0.05) is 21.8 Å². The number of rotatable bonds is 4. The first-order chi connectivity index (χ1) is 10.1. The van der Waals surface area contributed by atoms with Crippen LogP contribution < -0.4 is 14.4 Å². The highest BCUT2D eigenvalue weighted by atomic mass is 127. The molecule has 110 valence electrons. The Bertz CT molecular complexity index is 638. The van der Waals surface area contributed by atoms with Gasteiger partial charge in [-0.3, -0.25) is 0 Å². The summed E-state index contributed by atoms with van der Waals surface area (Å²) in [6.07, 6.45) is -1.07. The largest absolute Gasteiger partial charge is 0.497 e. The highest BCUT2D eigenvalue weighted by Gasteiger charge is 2.20. The minimum absolute atomic E-state index is 0.461. The third-order valence-corrected chi connectivity index (χ3v) is 3.79. The van der Waals surface area contributed by atoms with E-state index in [2.05, 4.69) is 22.6 Å². The molecule has 0 radical (unpaired) electrons. The van der Waals surface area contributed by atoms with Gasteiger partial charge in [0.1, 0.15) is 11.5 Å². The molecule has 0 aromatic heterocycles. The zero-order valence-corrected chi connectivity index (χ0v) is 13.7. The second-order valence-corrected chi connectivity index (χ2v) is 5.30. The molecule has 21 heavy (non-hydrogen) atoms. The van der Waals surface area contributed by atoms with E-state index in [4.69, 9.17) is 9.47 Å². The number of anilines is 2. The van der Waals surface area contributed by atoms with Gasteiger partial charge >= 0.3 is 6.09 Å². The topological polar surface area (TPSA) is 59.0 Å². The summed E-state index contributed by atoms with van der Waals surface area (Å²) in [6.45, 7) is 0. The summed E-state index contributed by atoms with van der Waals surface area (Å²) in [5.74, 6) is 1.06. The zero-order valence-electron chi connectivity index (χ0n) is 11.5. The van der Waals surface area contributed by atoms with Crippen molar-refractivity contribution in [2.75, 3.05) is 19.1 Å². The van der Waals surface area contributed by atoms with Crippen LogP contribution in [0.1, 0.15) is 0 Å². The van der Waals surface area contributed by atoms with Gasteiger partial charge in [0.05, 0.1) is 25.6 Å². The number of hydrogen-bond acceptors (Lipinski definition) is 3. The highest BCUT2D eigenvalue weighted by Crippen LogP contribution is 2.34. The van der Waals surface area contributed by atoms with Crippen molar-refractivity contribution >= 4 is 40.1 Å².